The molecule has 0 saturated carbocycles. The highest BCUT2D eigenvalue weighted by Gasteiger charge is 2.45. The predicted octanol–water partition coefficient (Wildman–Crippen LogP) is 2.77. The Morgan fingerprint density at radius 1 is 1.26 bits per heavy atom. The summed E-state index contributed by atoms with van der Waals surface area (Å²) in [4.78, 5) is 11.6. The highest BCUT2D eigenvalue weighted by molar-refractivity contribution is 5.81. The largest absolute Gasteiger partial charge is 0.480 e. The zero-order valence-electron chi connectivity index (χ0n) is 10.7. The summed E-state index contributed by atoms with van der Waals surface area (Å²) in [5.41, 5.74) is -1.45. The molecule has 106 valence electrons. The lowest BCUT2D eigenvalue weighted by molar-refractivity contribution is -0.153. The van der Waals surface area contributed by atoms with Gasteiger partial charge in [-0.05, 0) is 11.5 Å². The highest BCUT2D eigenvalue weighted by Crippen LogP contribution is 2.31. The van der Waals surface area contributed by atoms with E-state index in [1.54, 1.807) is 32.0 Å². The molecule has 0 bridgehead atoms. The second-order valence-electron chi connectivity index (χ2n) is 4.60. The molecule has 0 heterocycles. The quantitative estimate of drug-likeness (QED) is 0.868. The van der Waals surface area contributed by atoms with E-state index >= 15 is 0 Å². The van der Waals surface area contributed by atoms with Crippen molar-refractivity contribution in [3.05, 3.63) is 35.9 Å². The van der Waals surface area contributed by atoms with Crippen molar-refractivity contribution < 1.29 is 23.1 Å². The lowest BCUT2D eigenvalue weighted by Crippen LogP contribution is -2.55. The average molecular weight is 275 g/mol. The number of aliphatic carboxylic acids is 1. The lowest BCUT2D eigenvalue weighted by Gasteiger charge is -2.35. The van der Waals surface area contributed by atoms with Gasteiger partial charge < -0.3 is 5.11 Å². The van der Waals surface area contributed by atoms with Gasteiger partial charge in [-0.25, -0.2) is 4.79 Å². The Bertz CT molecular complexity index is 431. The molecule has 1 unspecified atom stereocenters. The summed E-state index contributed by atoms with van der Waals surface area (Å²) < 4.78 is 37.1. The van der Waals surface area contributed by atoms with E-state index in [0.717, 1.165) is 0 Å². The number of carboxylic acid groups (broad SMARTS) is 1. The first-order valence-electron chi connectivity index (χ1n) is 5.81. The molecule has 0 aromatic heterocycles. The predicted molar refractivity (Wildman–Crippen MR) is 64.7 cm³/mol. The van der Waals surface area contributed by atoms with Gasteiger partial charge >= 0.3 is 12.1 Å². The summed E-state index contributed by atoms with van der Waals surface area (Å²) in [7, 11) is 0. The topological polar surface area (TPSA) is 49.3 Å². The second kappa shape index (κ2) is 5.61. The van der Waals surface area contributed by atoms with Crippen LogP contribution in [-0.4, -0.2) is 23.8 Å². The van der Waals surface area contributed by atoms with Crippen LogP contribution in [0.4, 0.5) is 13.2 Å². The third-order valence-electron chi connectivity index (χ3n) is 3.00. The number of carbonyl (C=O) groups is 1. The van der Waals surface area contributed by atoms with Crippen LogP contribution in [0.5, 0.6) is 0 Å². The molecular weight excluding hydrogens is 259 g/mol. The Morgan fingerprint density at radius 3 is 2.16 bits per heavy atom. The summed E-state index contributed by atoms with van der Waals surface area (Å²) in [6.07, 6.45) is -4.47. The number of hydrogen-bond donors (Lipinski definition) is 2. The van der Waals surface area contributed by atoms with Crippen molar-refractivity contribution in [1.82, 2.24) is 5.32 Å². The summed E-state index contributed by atoms with van der Waals surface area (Å²) in [6, 6.07) is 7.91. The van der Waals surface area contributed by atoms with Crippen LogP contribution >= 0.6 is 0 Å². The third kappa shape index (κ3) is 3.47. The number of hydrogen-bond acceptors (Lipinski definition) is 2. The molecule has 1 atom stereocenters. The van der Waals surface area contributed by atoms with Crippen LogP contribution in [0.1, 0.15) is 19.4 Å². The van der Waals surface area contributed by atoms with E-state index in [0.29, 0.717) is 5.56 Å². The standard InChI is InChI=1S/C13H16F3NO2/c1-9(2)13(11(18)19,17-8-12(14,15)16)10-6-4-3-5-7-10/h3-7,9,17H,8H2,1-2H3,(H,18,19). The minimum absolute atomic E-state index is 0.307. The van der Waals surface area contributed by atoms with Gasteiger partial charge in [-0.2, -0.15) is 13.2 Å². The number of carboxylic acids is 1. The Balaban J connectivity index is 3.20. The van der Waals surface area contributed by atoms with Crippen LogP contribution in [0.2, 0.25) is 0 Å². The van der Waals surface area contributed by atoms with E-state index in [9.17, 15) is 23.1 Å². The van der Waals surface area contributed by atoms with Crippen LogP contribution in [0.3, 0.4) is 0 Å². The maximum atomic E-state index is 12.4. The van der Waals surface area contributed by atoms with Gasteiger partial charge in [0.15, 0.2) is 0 Å². The van der Waals surface area contributed by atoms with Crippen molar-refractivity contribution in [2.45, 2.75) is 25.6 Å². The van der Waals surface area contributed by atoms with Crippen LogP contribution in [-0.2, 0) is 10.3 Å². The van der Waals surface area contributed by atoms with Gasteiger partial charge in [-0.15, -0.1) is 0 Å². The van der Waals surface area contributed by atoms with Crippen molar-refractivity contribution >= 4 is 5.97 Å². The number of benzene rings is 1. The molecule has 0 amide bonds. The van der Waals surface area contributed by atoms with Crippen molar-refractivity contribution in [2.75, 3.05) is 6.54 Å². The molecule has 2 N–H and O–H groups in total. The first kappa shape index (κ1) is 15.5. The first-order valence-corrected chi connectivity index (χ1v) is 5.81. The van der Waals surface area contributed by atoms with E-state index < -0.39 is 30.1 Å². The minimum Gasteiger partial charge on any atom is -0.480 e. The molecular formula is C13H16F3NO2. The average Bonchev–Trinajstić information content (AvgIpc) is 2.28. The number of rotatable bonds is 5. The third-order valence-corrected chi connectivity index (χ3v) is 3.00. The molecule has 0 radical (unpaired) electrons. The van der Waals surface area contributed by atoms with Crippen molar-refractivity contribution in [3.8, 4) is 0 Å². The second-order valence-corrected chi connectivity index (χ2v) is 4.60. The van der Waals surface area contributed by atoms with Gasteiger partial charge in [0.05, 0.1) is 6.54 Å². The molecule has 0 aliphatic carbocycles. The van der Waals surface area contributed by atoms with Gasteiger partial charge in [0, 0.05) is 0 Å². The summed E-state index contributed by atoms with van der Waals surface area (Å²) in [5.74, 6) is -1.87. The molecule has 0 saturated heterocycles. The molecule has 0 aliphatic rings. The first-order chi connectivity index (χ1) is 8.70. The maximum absolute atomic E-state index is 12.4. The van der Waals surface area contributed by atoms with E-state index in [1.165, 1.54) is 12.1 Å². The van der Waals surface area contributed by atoms with Gasteiger partial charge in [0.25, 0.3) is 0 Å². The fourth-order valence-electron chi connectivity index (χ4n) is 2.03. The lowest BCUT2D eigenvalue weighted by atomic mass is 9.79. The molecule has 1 rings (SSSR count). The van der Waals surface area contributed by atoms with E-state index in [-0.39, 0.29) is 0 Å². The fourth-order valence-corrected chi connectivity index (χ4v) is 2.03. The SMILES string of the molecule is CC(C)C(NCC(F)(F)F)(C(=O)O)c1ccccc1. The van der Waals surface area contributed by atoms with Gasteiger partial charge in [-0.3, -0.25) is 5.32 Å². The molecule has 6 heteroatoms. The van der Waals surface area contributed by atoms with E-state index in [4.69, 9.17) is 0 Å². The highest BCUT2D eigenvalue weighted by atomic mass is 19.4. The van der Waals surface area contributed by atoms with E-state index in [2.05, 4.69) is 5.32 Å². The van der Waals surface area contributed by atoms with Crippen LogP contribution in [0.15, 0.2) is 30.3 Å². The molecule has 0 aliphatic heterocycles. The molecule has 0 spiro atoms. The zero-order valence-corrected chi connectivity index (χ0v) is 10.7. The number of halogens is 3. The number of alkyl halides is 3. The van der Waals surface area contributed by atoms with Gasteiger partial charge in [0.1, 0.15) is 5.54 Å². The Kier molecular flexibility index (Phi) is 4.57. The minimum atomic E-state index is -4.47. The molecule has 0 fully saturated rings. The van der Waals surface area contributed by atoms with Crippen LogP contribution < -0.4 is 5.32 Å². The summed E-state index contributed by atoms with van der Waals surface area (Å²) >= 11 is 0. The Labute approximate surface area is 109 Å². The maximum Gasteiger partial charge on any atom is 0.401 e. The Hall–Kier alpha value is -1.56. The van der Waals surface area contributed by atoms with Gasteiger partial charge in [-0.1, -0.05) is 44.2 Å². The van der Waals surface area contributed by atoms with Crippen LogP contribution in [0, 0.1) is 5.92 Å². The van der Waals surface area contributed by atoms with Crippen LogP contribution in [0.25, 0.3) is 0 Å². The van der Waals surface area contributed by atoms with E-state index in [1.807, 2.05) is 0 Å². The monoisotopic (exact) mass is 275 g/mol. The van der Waals surface area contributed by atoms with Crippen molar-refractivity contribution in [1.29, 1.82) is 0 Å². The fraction of sp³-hybridized carbons (Fsp3) is 0.462. The zero-order chi connectivity index (χ0) is 14.7. The molecule has 3 nitrogen and oxygen atoms in total. The van der Waals surface area contributed by atoms with Gasteiger partial charge in [0.2, 0.25) is 0 Å². The molecule has 19 heavy (non-hydrogen) atoms. The Morgan fingerprint density at radius 2 is 1.79 bits per heavy atom. The van der Waals surface area contributed by atoms with Crippen molar-refractivity contribution in [3.63, 3.8) is 0 Å². The summed E-state index contributed by atoms with van der Waals surface area (Å²) in [5, 5.41) is 11.6. The summed E-state index contributed by atoms with van der Waals surface area (Å²) in [6.45, 7) is 1.79. The number of nitrogens with one attached hydrogen (secondary N) is 1. The molecule has 1 aromatic carbocycles. The van der Waals surface area contributed by atoms with Crippen molar-refractivity contribution in [2.24, 2.45) is 5.92 Å². The smallest absolute Gasteiger partial charge is 0.401 e. The normalized spacial score (nSPS) is 15.3. The molecule has 1 aromatic rings.